The maximum absolute atomic E-state index is 13.2. The van der Waals surface area contributed by atoms with Gasteiger partial charge >= 0.3 is 5.97 Å². The molecular weight excluding hydrogens is 584 g/mol. The van der Waals surface area contributed by atoms with Gasteiger partial charge in [-0.2, -0.15) is 4.57 Å². The molecule has 2 atom stereocenters. The zero-order valence-corrected chi connectivity index (χ0v) is 24.0. The zero-order valence-electron chi connectivity index (χ0n) is 21.6. The number of β-lactam (4-membered cyclic amide) rings is 1. The number of aliphatic hydroxyl groups is 1. The number of nitrogens with one attached hydrogen (secondary N) is 1. The summed E-state index contributed by atoms with van der Waals surface area (Å²) >= 11 is 3.74. The highest BCUT2D eigenvalue weighted by atomic mass is 32.2. The number of anilines is 1. The smallest absolute Gasteiger partial charge is 0.350 e. The second-order valence-electron chi connectivity index (χ2n) is 9.35. The van der Waals surface area contributed by atoms with Gasteiger partial charge in [-0.1, -0.05) is 16.5 Å². The molecule has 14 nitrogen and oxygen atoms in total. The van der Waals surface area contributed by atoms with Crippen molar-refractivity contribution in [2.24, 2.45) is 5.16 Å². The van der Waals surface area contributed by atoms with Gasteiger partial charge in [0.05, 0.1) is 30.1 Å². The number of carboxylic acid groups (broad SMARTS) is 2. The molecule has 0 unspecified atom stereocenters. The maximum Gasteiger partial charge on any atom is 0.350 e. The fourth-order valence-corrected chi connectivity index (χ4v) is 6.83. The van der Waals surface area contributed by atoms with E-state index in [9.17, 15) is 34.5 Å². The van der Waals surface area contributed by atoms with Gasteiger partial charge in [0.25, 0.3) is 11.8 Å². The zero-order chi connectivity index (χ0) is 29.4. The Hall–Kier alpha value is -3.54. The first-order valence-electron chi connectivity index (χ1n) is 11.8. The number of aromatic nitrogens is 2. The van der Waals surface area contributed by atoms with Gasteiger partial charge < -0.3 is 36.0 Å². The van der Waals surface area contributed by atoms with Crippen molar-refractivity contribution < 1.29 is 43.9 Å². The van der Waals surface area contributed by atoms with E-state index in [1.165, 1.54) is 42.3 Å². The van der Waals surface area contributed by atoms with E-state index in [2.05, 4.69) is 15.5 Å². The highest BCUT2D eigenvalue weighted by Gasteiger charge is 2.53. The number of nitrogens with zero attached hydrogens (tertiary/aromatic N) is 4. The molecule has 40 heavy (non-hydrogen) atoms. The van der Waals surface area contributed by atoms with E-state index < -0.39 is 46.5 Å². The van der Waals surface area contributed by atoms with Crippen molar-refractivity contribution in [2.45, 2.75) is 50.8 Å². The number of oxime groups is 1. The van der Waals surface area contributed by atoms with E-state index in [-0.39, 0.29) is 35.4 Å². The number of carbonyl (C=O) groups excluding carboxylic acids is 3. The van der Waals surface area contributed by atoms with Crippen molar-refractivity contribution in [3.63, 3.8) is 0 Å². The number of aryl methyl sites for hydroxylation is 1. The Bertz CT molecular complexity index is 1430. The molecule has 2 aromatic rings. The summed E-state index contributed by atoms with van der Waals surface area (Å²) in [5.74, 6) is -4.12. The van der Waals surface area contributed by atoms with Crippen molar-refractivity contribution >= 4 is 69.0 Å². The Balaban J connectivity index is 1.57. The number of hydrogen-bond acceptors (Lipinski definition) is 13. The fourth-order valence-electron chi connectivity index (χ4n) is 3.97. The Labute approximate surface area is 240 Å². The molecule has 2 aliphatic rings. The number of nitrogens with two attached hydrogens (primary N) is 1. The van der Waals surface area contributed by atoms with Gasteiger partial charge in [0.1, 0.15) is 17.1 Å². The predicted octanol–water partition coefficient (Wildman–Crippen LogP) is -1.39. The third-order valence-electron chi connectivity index (χ3n) is 6.15. The van der Waals surface area contributed by atoms with E-state index in [4.69, 9.17) is 10.6 Å². The SMILES string of the molecule is Cc1csc(CCO)[n+]1CC1=C(C(=O)[O-])N2C(=O)[C@@H](NC(=O)/C(=N\OC(C)(C)C(=O)O)c3csc(N)n3)[C@H]2SC1. The lowest BCUT2D eigenvalue weighted by Gasteiger charge is -2.50. The minimum absolute atomic E-state index is 0.0144. The average Bonchev–Trinajstić information content (AvgIpc) is 3.47. The van der Waals surface area contributed by atoms with Crippen LogP contribution < -0.4 is 20.7 Å². The molecule has 4 rings (SSSR count). The predicted molar refractivity (Wildman–Crippen MR) is 143 cm³/mol. The van der Waals surface area contributed by atoms with Crippen LogP contribution in [0, 0.1) is 6.92 Å². The second kappa shape index (κ2) is 11.5. The molecule has 1 fully saturated rings. The van der Waals surface area contributed by atoms with Gasteiger partial charge in [-0.05, 0) is 13.8 Å². The van der Waals surface area contributed by atoms with Crippen LogP contribution in [0.4, 0.5) is 5.13 Å². The van der Waals surface area contributed by atoms with Gasteiger partial charge in [0.2, 0.25) is 10.6 Å². The van der Waals surface area contributed by atoms with Crippen LogP contribution in [0.2, 0.25) is 0 Å². The maximum atomic E-state index is 13.2. The third kappa shape index (κ3) is 5.67. The lowest BCUT2D eigenvalue weighted by atomic mass is 10.0. The van der Waals surface area contributed by atoms with Crippen LogP contribution in [0.3, 0.4) is 0 Å². The molecule has 2 aliphatic heterocycles. The van der Waals surface area contributed by atoms with Crippen LogP contribution >= 0.6 is 34.4 Å². The van der Waals surface area contributed by atoms with Crippen molar-refractivity contribution in [3.8, 4) is 0 Å². The van der Waals surface area contributed by atoms with Gasteiger partial charge in [-0.15, -0.1) is 23.1 Å². The number of thioether (sulfide) groups is 1. The van der Waals surface area contributed by atoms with Crippen molar-refractivity contribution in [3.05, 3.63) is 38.4 Å². The molecular formula is C23H26N6O8S3. The minimum atomic E-state index is -1.77. The quantitative estimate of drug-likeness (QED) is 0.101. The molecule has 2 amide bonds. The summed E-state index contributed by atoms with van der Waals surface area (Å²) in [5.41, 5.74) is 4.63. The largest absolute Gasteiger partial charge is 0.543 e. The lowest BCUT2D eigenvalue weighted by Crippen LogP contribution is -2.71. The van der Waals surface area contributed by atoms with Crippen LogP contribution in [-0.2, 0) is 37.0 Å². The Morgan fingerprint density at radius 2 is 2.08 bits per heavy atom. The number of carboxylic acids is 2. The van der Waals surface area contributed by atoms with E-state index in [0.29, 0.717) is 12.0 Å². The number of thiazole rings is 2. The van der Waals surface area contributed by atoms with Gasteiger partial charge in [-0.25, -0.2) is 9.78 Å². The van der Waals surface area contributed by atoms with Gasteiger partial charge in [-0.3, -0.25) is 14.5 Å². The molecule has 17 heteroatoms. The summed E-state index contributed by atoms with van der Waals surface area (Å²) < 4.78 is 1.89. The molecule has 0 bridgehead atoms. The number of fused-ring (bicyclic) bond motifs is 1. The molecule has 5 N–H and O–H groups in total. The minimum Gasteiger partial charge on any atom is -0.543 e. The molecule has 0 aliphatic carbocycles. The van der Waals surface area contributed by atoms with Crippen molar-refractivity contribution in [2.75, 3.05) is 18.1 Å². The number of aliphatic carboxylic acids is 2. The first-order chi connectivity index (χ1) is 18.9. The van der Waals surface area contributed by atoms with E-state index in [1.54, 1.807) is 0 Å². The fraction of sp³-hybridized carbons (Fsp3) is 0.435. The van der Waals surface area contributed by atoms with Crippen LogP contribution in [0.15, 0.2) is 27.2 Å². The van der Waals surface area contributed by atoms with Gasteiger partial charge in [0.15, 0.2) is 23.1 Å². The topological polar surface area (TPSA) is 211 Å². The summed E-state index contributed by atoms with van der Waals surface area (Å²) in [7, 11) is 0. The molecule has 2 aromatic heterocycles. The summed E-state index contributed by atoms with van der Waals surface area (Å²) in [6.45, 7) is 4.49. The molecule has 0 spiro atoms. The van der Waals surface area contributed by atoms with Crippen LogP contribution in [0.5, 0.6) is 0 Å². The number of hydrogen-bond donors (Lipinski definition) is 4. The number of nitrogen functional groups attached to an aromatic ring is 1. The van der Waals surface area contributed by atoms with E-state index in [1.807, 2.05) is 16.9 Å². The average molecular weight is 611 g/mol. The normalized spacial score (nSPS) is 19.2. The Kier molecular flexibility index (Phi) is 8.48. The number of carbonyl (C=O) groups is 4. The summed E-state index contributed by atoms with van der Waals surface area (Å²) in [6.07, 6.45) is 0.404. The first kappa shape index (κ1) is 29.4. The summed E-state index contributed by atoms with van der Waals surface area (Å²) in [4.78, 5) is 60.1. The van der Waals surface area contributed by atoms with Crippen LogP contribution in [0.25, 0.3) is 0 Å². The number of aliphatic hydroxyl groups excluding tert-OH is 1. The highest BCUT2D eigenvalue weighted by molar-refractivity contribution is 8.00. The molecule has 0 radical (unpaired) electrons. The second-order valence-corrected chi connectivity index (χ2v) is 12.3. The highest BCUT2D eigenvalue weighted by Crippen LogP contribution is 2.40. The third-order valence-corrected chi connectivity index (χ3v) is 9.32. The first-order valence-corrected chi connectivity index (χ1v) is 14.6. The molecule has 0 saturated carbocycles. The Morgan fingerprint density at radius 1 is 1.35 bits per heavy atom. The standard InChI is InChI=1S/C23H26N6O8S3/c1-10-7-38-13(4-5-30)28(10)6-11-8-39-19-15(18(32)29(19)16(11)20(33)34)26-17(31)14(12-9-40-22(24)25-12)27-37-23(2,3)21(35)36/h7,9,15,19,30H,4-6,8H2,1-3H3,(H4-,24,25,26,31,33,34,35,36)/b27-14-/t15-,19-/m1/s1. The van der Waals surface area contributed by atoms with Gasteiger partial charge in [0, 0.05) is 23.6 Å². The molecule has 214 valence electrons. The summed E-state index contributed by atoms with van der Waals surface area (Å²) in [6, 6.07) is -1.09. The number of rotatable bonds is 11. The van der Waals surface area contributed by atoms with Crippen molar-refractivity contribution in [1.29, 1.82) is 0 Å². The van der Waals surface area contributed by atoms with E-state index >= 15 is 0 Å². The van der Waals surface area contributed by atoms with Crippen LogP contribution in [-0.4, -0.2) is 78.9 Å². The molecule has 4 heterocycles. The summed E-state index contributed by atoms with van der Waals surface area (Å²) in [5, 5.41) is 40.7. The number of amides is 2. The van der Waals surface area contributed by atoms with E-state index in [0.717, 1.165) is 26.9 Å². The lowest BCUT2D eigenvalue weighted by molar-refractivity contribution is -0.697. The molecule has 1 saturated heterocycles. The molecule has 0 aromatic carbocycles. The van der Waals surface area contributed by atoms with Crippen molar-refractivity contribution in [1.82, 2.24) is 15.2 Å². The van der Waals surface area contributed by atoms with Crippen LogP contribution in [0.1, 0.15) is 30.2 Å². The monoisotopic (exact) mass is 610 g/mol. The Morgan fingerprint density at radius 3 is 2.67 bits per heavy atom.